The molecular weight excluding hydrogens is 220 g/mol. The van der Waals surface area contributed by atoms with E-state index in [1.54, 1.807) is 18.3 Å². The molecule has 1 aromatic carbocycles. The van der Waals surface area contributed by atoms with Gasteiger partial charge in [-0.3, -0.25) is 14.9 Å². The second-order valence-electron chi connectivity index (χ2n) is 4.05. The summed E-state index contributed by atoms with van der Waals surface area (Å²) in [6.45, 7) is 0.0464. The molecule has 2 heterocycles. The average Bonchev–Trinajstić information content (AvgIpc) is 2.66. The van der Waals surface area contributed by atoms with Crippen molar-refractivity contribution in [1.82, 2.24) is 10.3 Å². The lowest BCUT2D eigenvalue weighted by Crippen LogP contribution is -2.30. The monoisotopic (exact) mass is 230 g/mol. The van der Waals surface area contributed by atoms with E-state index in [0.29, 0.717) is 11.1 Å². The third kappa shape index (κ3) is 1.36. The van der Waals surface area contributed by atoms with Crippen molar-refractivity contribution in [2.45, 2.75) is 6.04 Å². The molecule has 0 aliphatic carbocycles. The molecule has 1 aliphatic heterocycles. The summed E-state index contributed by atoms with van der Waals surface area (Å²) in [6, 6.07) is 4.52. The maximum absolute atomic E-state index is 11.9. The molecule has 5 nitrogen and oxygen atoms in total. The topological polar surface area (TPSA) is 82.2 Å². The number of nitrogens with one attached hydrogen (secondary N) is 2. The van der Waals surface area contributed by atoms with E-state index in [1.165, 1.54) is 0 Å². The van der Waals surface area contributed by atoms with Crippen LogP contribution in [0.1, 0.15) is 22.0 Å². The molecule has 0 amide bonds. The third-order valence-corrected chi connectivity index (χ3v) is 3.06. The largest absolute Gasteiger partial charge is 0.480 e. The van der Waals surface area contributed by atoms with Gasteiger partial charge in [-0.1, -0.05) is 12.1 Å². The zero-order chi connectivity index (χ0) is 12.0. The third-order valence-electron chi connectivity index (χ3n) is 3.06. The molecule has 17 heavy (non-hydrogen) atoms. The summed E-state index contributed by atoms with van der Waals surface area (Å²) in [5, 5.41) is 12.6. The van der Waals surface area contributed by atoms with Crippen molar-refractivity contribution in [3.63, 3.8) is 0 Å². The predicted molar refractivity (Wildman–Crippen MR) is 61.0 cm³/mol. The fourth-order valence-electron chi connectivity index (χ4n) is 2.29. The quantitative estimate of drug-likeness (QED) is 0.684. The Bertz CT molecular complexity index is 630. The molecule has 0 saturated heterocycles. The van der Waals surface area contributed by atoms with Crippen LogP contribution in [0.3, 0.4) is 0 Å². The first-order valence-corrected chi connectivity index (χ1v) is 5.28. The number of carboxylic acids is 1. The zero-order valence-corrected chi connectivity index (χ0v) is 8.86. The van der Waals surface area contributed by atoms with E-state index in [-0.39, 0.29) is 12.3 Å². The first-order chi connectivity index (χ1) is 8.18. The molecule has 0 fully saturated rings. The number of carbonyl (C=O) groups is 2. The zero-order valence-electron chi connectivity index (χ0n) is 8.86. The van der Waals surface area contributed by atoms with Crippen LogP contribution in [-0.4, -0.2) is 28.4 Å². The van der Waals surface area contributed by atoms with Crippen LogP contribution in [0.2, 0.25) is 0 Å². The number of aromatic amines is 1. The van der Waals surface area contributed by atoms with Gasteiger partial charge in [0.15, 0.2) is 5.78 Å². The molecule has 0 bridgehead atoms. The van der Waals surface area contributed by atoms with Gasteiger partial charge in [0.2, 0.25) is 0 Å². The van der Waals surface area contributed by atoms with Gasteiger partial charge in [-0.05, 0) is 6.07 Å². The summed E-state index contributed by atoms with van der Waals surface area (Å²) in [6.07, 6.45) is 1.65. The lowest BCUT2D eigenvalue weighted by molar-refractivity contribution is -0.139. The van der Waals surface area contributed by atoms with Crippen molar-refractivity contribution in [3.8, 4) is 0 Å². The van der Waals surface area contributed by atoms with Crippen LogP contribution < -0.4 is 5.32 Å². The molecule has 1 aromatic heterocycles. The number of aliphatic carboxylic acids is 1. The van der Waals surface area contributed by atoms with Crippen molar-refractivity contribution in [1.29, 1.82) is 0 Å². The van der Waals surface area contributed by atoms with Crippen molar-refractivity contribution < 1.29 is 14.7 Å². The van der Waals surface area contributed by atoms with Gasteiger partial charge in [0.1, 0.15) is 6.04 Å². The first-order valence-electron chi connectivity index (χ1n) is 5.28. The van der Waals surface area contributed by atoms with Crippen molar-refractivity contribution >= 4 is 22.7 Å². The number of ketones is 1. The number of Topliss-reactive ketones (excluding diaryl/α,β-unsaturated/α-hetero) is 1. The minimum atomic E-state index is -0.976. The molecule has 0 radical (unpaired) electrons. The van der Waals surface area contributed by atoms with E-state index < -0.39 is 12.0 Å². The average molecular weight is 230 g/mol. The summed E-state index contributed by atoms with van der Waals surface area (Å²) in [5.74, 6) is -1.06. The van der Waals surface area contributed by atoms with Crippen LogP contribution in [0.15, 0.2) is 24.4 Å². The first kappa shape index (κ1) is 10.0. The molecule has 1 aliphatic rings. The number of rotatable bonds is 1. The standard InChI is InChI=1S/C12H10N2O3/c15-9-5-14-11(12(16)17)7-4-13-8-3-1-2-6(9)10(7)8/h1-4,11,13-14H,5H2,(H,16,17). The second kappa shape index (κ2) is 3.43. The number of H-pyrrole nitrogens is 1. The van der Waals surface area contributed by atoms with Gasteiger partial charge in [-0.15, -0.1) is 0 Å². The van der Waals surface area contributed by atoms with E-state index in [4.69, 9.17) is 5.11 Å². The predicted octanol–water partition coefficient (Wildman–Crippen LogP) is 1.08. The van der Waals surface area contributed by atoms with Crippen molar-refractivity contribution in [2.24, 2.45) is 0 Å². The second-order valence-corrected chi connectivity index (χ2v) is 4.05. The Morgan fingerprint density at radius 2 is 2.24 bits per heavy atom. The van der Waals surface area contributed by atoms with Gasteiger partial charge >= 0.3 is 5.97 Å². The smallest absolute Gasteiger partial charge is 0.325 e. The van der Waals surface area contributed by atoms with Crippen molar-refractivity contribution in [3.05, 3.63) is 35.5 Å². The van der Waals surface area contributed by atoms with Crippen molar-refractivity contribution in [2.75, 3.05) is 6.54 Å². The van der Waals surface area contributed by atoms with Crippen LogP contribution in [0, 0.1) is 0 Å². The van der Waals surface area contributed by atoms with Crippen LogP contribution in [0.5, 0.6) is 0 Å². The Balaban J connectivity index is 2.35. The number of hydrogen-bond acceptors (Lipinski definition) is 3. The van der Waals surface area contributed by atoms with Crippen LogP contribution >= 0.6 is 0 Å². The molecule has 1 atom stereocenters. The number of benzene rings is 1. The minimum absolute atomic E-state index is 0.0464. The Morgan fingerprint density at radius 3 is 3.00 bits per heavy atom. The normalized spacial score (nSPS) is 19.3. The highest BCUT2D eigenvalue weighted by molar-refractivity contribution is 6.11. The summed E-state index contributed by atoms with van der Waals surface area (Å²) >= 11 is 0. The molecule has 5 heteroatoms. The van der Waals surface area contributed by atoms with Gasteiger partial charge < -0.3 is 10.1 Å². The number of carboxylic acid groups (broad SMARTS) is 1. The molecule has 0 spiro atoms. The molecule has 3 rings (SSSR count). The Labute approximate surface area is 96.4 Å². The fourth-order valence-corrected chi connectivity index (χ4v) is 2.29. The molecule has 3 N–H and O–H groups in total. The summed E-state index contributed by atoms with van der Waals surface area (Å²) in [4.78, 5) is 26.1. The van der Waals surface area contributed by atoms with E-state index in [2.05, 4.69) is 10.3 Å². The summed E-state index contributed by atoms with van der Waals surface area (Å²) in [5.41, 5.74) is 1.99. The Morgan fingerprint density at radius 1 is 1.41 bits per heavy atom. The molecule has 86 valence electrons. The number of aromatic nitrogens is 1. The highest BCUT2D eigenvalue weighted by Crippen LogP contribution is 2.30. The Kier molecular flexibility index (Phi) is 2.02. The van der Waals surface area contributed by atoms with Crippen LogP contribution in [0.4, 0.5) is 0 Å². The summed E-state index contributed by atoms with van der Waals surface area (Å²) in [7, 11) is 0. The molecule has 1 unspecified atom stereocenters. The number of carbonyl (C=O) groups excluding carboxylic acids is 1. The van der Waals surface area contributed by atoms with Gasteiger partial charge in [-0.25, -0.2) is 0 Å². The molecule has 0 saturated carbocycles. The fraction of sp³-hybridized carbons (Fsp3) is 0.167. The minimum Gasteiger partial charge on any atom is -0.480 e. The maximum Gasteiger partial charge on any atom is 0.325 e. The molecule has 2 aromatic rings. The SMILES string of the molecule is O=C1CNC(C(=O)O)c2c[nH]c3cccc1c23. The molecular formula is C12H10N2O3. The van der Waals surface area contributed by atoms with Gasteiger partial charge in [0, 0.05) is 28.2 Å². The van der Waals surface area contributed by atoms with Gasteiger partial charge in [-0.2, -0.15) is 0 Å². The van der Waals surface area contributed by atoms with Crippen LogP contribution in [0.25, 0.3) is 10.9 Å². The van der Waals surface area contributed by atoms with E-state index >= 15 is 0 Å². The highest BCUT2D eigenvalue weighted by Gasteiger charge is 2.28. The maximum atomic E-state index is 11.9. The lowest BCUT2D eigenvalue weighted by Gasteiger charge is -2.09. The van der Waals surface area contributed by atoms with E-state index in [0.717, 1.165) is 10.9 Å². The van der Waals surface area contributed by atoms with Gasteiger partial charge in [0.25, 0.3) is 0 Å². The Hall–Kier alpha value is -2.14. The number of hydrogen-bond donors (Lipinski definition) is 3. The lowest BCUT2D eigenvalue weighted by atomic mass is 10.0. The van der Waals surface area contributed by atoms with Gasteiger partial charge in [0.05, 0.1) is 6.54 Å². The van der Waals surface area contributed by atoms with E-state index in [9.17, 15) is 9.59 Å². The highest BCUT2D eigenvalue weighted by atomic mass is 16.4. The van der Waals surface area contributed by atoms with E-state index in [1.807, 2.05) is 6.07 Å². The van der Waals surface area contributed by atoms with Crippen LogP contribution in [-0.2, 0) is 4.79 Å². The summed E-state index contributed by atoms with van der Waals surface area (Å²) < 4.78 is 0.